The lowest BCUT2D eigenvalue weighted by atomic mass is 10.1. The van der Waals surface area contributed by atoms with Gasteiger partial charge in [0, 0.05) is 7.05 Å². The third kappa shape index (κ3) is 1.93. The molecule has 1 atom stereocenters. The van der Waals surface area contributed by atoms with E-state index in [-0.39, 0.29) is 17.9 Å². The maximum atomic E-state index is 11.4. The lowest BCUT2D eigenvalue weighted by molar-refractivity contribution is 0.218. The van der Waals surface area contributed by atoms with Crippen LogP contribution in [-0.2, 0) is 0 Å². The molecule has 0 saturated carbocycles. The Balaban J connectivity index is 2.39. The smallest absolute Gasteiger partial charge is 0.345 e. The van der Waals surface area contributed by atoms with E-state index in [4.69, 9.17) is 22.1 Å². The zero-order valence-corrected chi connectivity index (χ0v) is 10.2. The molecule has 1 aliphatic rings. The predicted octanol–water partition coefficient (Wildman–Crippen LogP) is 1.81. The highest BCUT2D eigenvalue weighted by Crippen LogP contribution is 2.31. The SMILES string of the molecule is COc1ccc(C2C(N)=NC(=O)N2C)cc1Cl. The first-order chi connectivity index (χ1) is 8.04. The molecule has 2 rings (SSSR count). The summed E-state index contributed by atoms with van der Waals surface area (Å²) in [6.45, 7) is 0. The second kappa shape index (κ2) is 4.25. The van der Waals surface area contributed by atoms with Gasteiger partial charge >= 0.3 is 6.03 Å². The number of nitrogens with two attached hydrogens (primary N) is 1. The van der Waals surface area contributed by atoms with Crippen molar-refractivity contribution in [3.8, 4) is 5.75 Å². The number of carbonyl (C=O) groups excluding carboxylic acids is 1. The van der Waals surface area contributed by atoms with Gasteiger partial charge in [0.25, 0.3) is 0 Å². The number of urea groups is 1. The summed E-state index contributed by atoms with van der Waals surface area (Å²) in [5.74, 6) is 0.858. The van der Waals surface area contributed by atoms with Gasteiger partial charge in [-0.25, -0.2) is 4.79 Å². The summed E-state index contributed by atoms with van der Waals surface area (Å²) in [6.07, 6.45) is 0. The second-order valence-electron chi connectivity index (χ2n) is 3.73. The number of halogens is 1. The summed E-state index contributed by atoms with van der Waals surface area (Å²) in [7, 11) is 3.19. The predicted molar refractivity (Wildman–Crippen MR) is 65.5 cm³/mol. The largest absolute Gasteiger partial charge is 0.495 e. The van der Waals surface area contributed by atoms with E-state index in [0.717, 1.165) is 5.56 Å². The number of likely N-dealkylation sites (N-methyl/N-ethyl adjacent to an activating group) is 1. The van der Waals surface area contributed by atoms with E-state index < -0.39 is 0 Å². The van der Waals surface area contributed by atoms with Crippen molar-refractivity contribution in [2.24, 2.45) is 10.7 Å². The fourth-order valence-electron chi connectivity index (χ4n) is 1.81. The third-order valence-corrected chi connectivity index (χ3v) is 2.98. The Kier molecular flexibility index (Phi) is 2.93. The molecule has 90 valence electrons. The molecule has 2 amide bonds. The normalized spacial score (nSPS) is 19.5. The Morgan fingerprint density at radius 2 is 2.24 bits per heavy atom. The van der Waals surface area contributed by atoms with Gasteiger partial charge in [-0.2, -0.15) is 4.99 Å². The van der Waals surface area contributed by atoms with Crippen molar-refractivity contribution in [3.63, 3.8) is 0 Å². The van der Waals surface area contributed by atoms with Crippen LogP contribution in [0.15, 0.2) is 23.2 Å². The van der Waals surface area contributed by atoms with E-state index in [1.54, 1.807) is 26.3 Å². The van der Waals surface area contributed by atoms with Gasteiger partial charge < -0.3 is 15.4 Å². The van der Waals surface area contributed by atoms with Crippen LogP contribution in [0.3, 0.4) is 0 Å². The molecule has 1 unspecified atom stereocenters. The molecule has 1 aromatic carbocycles. The van der Waals surface area contributed by atoms with Crippen LogP contribution in [0.5, 0.6) is 5.75 Å². The van der Waals surface area contributed by atoms with Gasteiger partial charge in [0.05, 0.1) is 12.1 Å². The topological polar surface area (TPSA) is 67.9 Å². The summed E-state index contributed by atoms with van der Waals surface area (Å²) < 4.78 is 5.06. The molecule has 0 saturated heterocycles. The van der Waals surface area contributed by atoms with Crippen molar-refractivity contribution in [1.82, 2.24) is 4.90 Å². The molecule has 2 N–H and O–H groups in total. The van der Waals surface area contributed by atoms with Gasteiger partial charge in [0.15, 0.2) is 0 Å². The highest BCUT2D eigenvalue weighted by molar-refractivity contribution is 6.32. The fraction of sp³-hybridized carbons (Fsp3) is 0.273. The maximum Gasteiger partial charge on any atom is 0.345 e. The summed E-state index contributed by atoms with van der Waals surface area (Å²) in [4.78, 5) is 16.5. The van der Waals surface area contributed by atoms with Gasteiger partial charge in [-0.3, -0.25) is 0 Å². The zero-order valence-electron chi connectivity index (χ0n) is 9.48. The second-order valence-corrected chi connectivity index (χ2v) is 4.13. The molecular weight excluding hydrogens is 242 g/mol. The Labute approximate surface area is 104 Å². The number of benzene rings is 1. The average molecular weight is 254 g/mol. The van der Waals surface area contributed by atoms with E-state index >= 15 is 0 Å². The zero-order chi connectivity index (χ0) is 12.6. The molecule has 0 spiro atoms. The minimum atomic E-state index is -0.356. The van der Waals surface area contributed by atoms with Gasteiger partial charge in [0.1, 0.15) is 17.6 Å². The van der Waals surface area contributed by atoms with Crippen molar-refractivity contribution in [2.75, 3.05) is 14.2 Å². The molecular formula is C11H12ClN3O2. The van der Waals surface area contributed by atoms with E-state index in [9.17, 15) is 4.79 Å². The highest BCUT2D eigenvalue weighted by atomic mass is 35.5. The molecule has 5 nitrogen and oxygen atoms in total. The van der Waals surface area contributed by atoms with Crippen LogP contribution in [0.25, 0.3) is 0 Å². The first-order valence-corrected chi connectivity index (χ1v) is 5.36. The Hall–Kier alpha value is -1.75. The number of rotatable bonds is 2. The first-order valence-electron chi connectivity index (χ1n) is 4.99. The van der Waals surface area contributed by atoms with Gasteiger partial charge in [0.2, 0.25) is 0 Å². The van der Waals surface area contributed by atoms with E-state index in [1.807, 2.05) is 6.07 Å². The van der Waals surface area contributed by atoms with E-state index in [1.165, 1.54) is 4.90 Å². The molecule has 17 heavy (non-hydrogen) atoms. The minimum absolute atomic E-state index is 0.277. The van der Waals surface area contributed by atoms with E-state index in [0.29, 0.717) is 10.8 Å². The van der Waals surface area contributed by atoms with Crippen LogP contribution >= 0.6 is 11.6 Å². The number of aliphatic imine (C=N–C) groups is 1. The molecule has 6 heteroatoms. The third-order valence-electron chi connectivity index (χ3n) is 2.69. The molecule has 0 fully saturated rings. The summed E-state index contributed by atoms with van der Waals surface area (Å²) in [6, 6.07) is 4.57. The standard InChI is InChI=1S/C11H12ClN3O2/c1-15-9(10(13)14-11(15)16)6-3-4-8(17-2)7(12)5-6/h3-5,9H,1-2H3,(H2,13,14,16). The van der Waals surface area contributed by atoms with E-state index in [2.05, 4.69) is 4.99 Å². The summed E-state index contributed by atoms with van der Waals surface area (Å²) >= 11 is 6.03. The van der Waals surface area contributed by atoms with Crippen molar-refractivity contribution in [3.05, 3.63) is 28.8 Å². The van der Waals surface area contributed by atoms with Crippen molar-refractivity contribution in [2.45, 2.75) is 6.04 Å². The molecule has 1 heterocycles. The van der Waals surface area contributed by atoms with Crippen LogP contribution in [0.4, 0.5) is 4.79 Å². The summed E-state index contributed by atoms with van der Waals surface area (Å²) in [5, 5.41) is 0.477. The Morgan fingerprint density at radius 1 is 1.53 bits per heavy atom. The number of nitrogens with zero attached hydrogens (tertiary/aromatic N) is 2. The number of amides is 2. The number of methoxy groups -OCH3 is 1. The molecule has 0 radical (unpaired) electrons. The molecule has 1 aliphatic heterocycles. The number of hydrogen-bond acceptors (Lipinski definition) is 3. The minimum Gasteiger partial charge on any atom is -0.495 e. The summed E-state index contributed by atoms with van der Waals surface area (Å²) in [5.41, 5.74) is 6.54. The number of amidine groups is 1. The lowest BCUT2D eigenvalue weighted by Gasteiger charge is -2.20. The van der Waals surface area contributed by atoms with Crippen LogP contribution in [0.1, 0.15) is 11.6 Å². The average Bonchev–Trinajstić information content (AvgIpc) is 2.53. The number of carbonyl (C=O) groups is 1. The maximum absolute atomic E-state index is 11.4. The van der Waals surface area contributed by atoms with Crippen LogP contribution < -0.4 is 10.5 Å². The van der Waals surface area contributed by atoms with Crippen LogP contribution in [-0.4, -0.2) is 30.9 Å². The highest BCUT2D eigenvalue weighted by Gasteiger charge is 2.31. The lowest BCUT2D eigenvalue weighted by Crippen LogP contribution is -2.30. The molecule has 0 bridgehead atoms. The van der Waals surface area contributed by atoms with Gasteiger partial charge in [-0.15, -0.1) is 0 Å². The Bertz CT molecular complexity index is 501. The van der Waals surface area contributed by atoms with Crippen molar-refractivity contribution in [1.29, 1.82) is 0 Å². The fourth-order valence-corrected chi connectivity index (χ4v) is 2.07. The number of hydrogen-bond donors (Lipinski definition) is 1. The van der Waals surface area contributed by atoms with Crippen molar-refractivity contribution < 1.29 is 9.53 Å². The van der Waals surface area contributed by atoms with Gasteiger partial charge in [-0.05, 0) is 17.7 Å². The quantitative estimate of drug-likeness (QED) is 0.874. The van der Waals surface area contributed by atoms with Crippen LogP contribution in [0.2, 0.25) is 5.02 Å². The monoisotopic (exact) mass is 253 g/mol. The molecule has 0 aromatic heterocycles. The molecule has 0 aliphatic carbocycles. The molecule has 1 aromatic rings. The first kappa shape index (κ1) is 11.7. The Morgan fingerprint density at radius 3 is 2.71 bits per heavy atom. The van der Waals surface area contributed by atoms with Gasteiger partial charge in [-0.1, -0.05) is 17.7 Å². The number of ether oxygens (including phenoxy) is 1. The van der Waals surface area contributed by atoms with Crippen LogP contribution in [0, 0.1) is 0 Å². The van der Waals surface area contributed by atoms with Crippen molar-refractivity contribution >= 4 is 23.5 Å².